The van der Waals surface area contributed by atoms with Crippen molar-refractivity contribution in [3.05, 3.63) is 82.3 Å². The van der Waals surface area contributed by atoms with Crippen LogP contribution in [0.15, 0.2) is 42.6 Å². The fraction of sp³-hybridized carbons (Fsp3) is 0.182. The summed E-state index contributed by atoms with van der Waals surface area (Å²) in [6.45, 7) is 1.34. The number of aromatic nitrogens is 1. The number of anilines is 3. The fourth-order valence-corrected chi connectivity index (χ4v) is 3.48. The molecule has 0 bridgehead atoms. The number of pyridine rings is 1. The Kier molecular flexibility index (Phi) is 5.77. The van der Waals surface area contributed by atoms with Crippen LogP contribution < -0.4 is 21.7 Å². The molecule has 0 saturated carbocycles. The molecule has 1 aromatic heterocycles. The first kappa shape index (κ1) is 20.7. The third kappa shape index (κ3) is 4.46. The van der Waals surface area contributed by atoms with Crippen LogP contribution in [-0.4, -0.2) is 17.4 Å². The monoisotopic (exact) mass is 427 g/mol. The molecule has 1 amide bonds. The molecule has 0 saturated heterocycles. The number of carbonyl (C=O) groups excluding carboxylic acids is 1. The highest BCUT2D eigenvalue weighted by Crippen LogP contribution is 2.25. The van der Waals surface area contributed by atoms with Crippen LogP contribution in [0.2, 0.25) is 0 Å². The van der Waals surface area contributed by atoms with Crippen molar-refractivity contribution >= 4 is 23.1 Å². The van der Waals surface area contributed by atoms with Gasteiger partial charge in [0.2, 0.25) is 0 Å². The predicted octanol–water partition coefficient (Wildman–Crippen LogP) is 3.60. The highest BCUT2D eigenvalue weighted by molar-refractivity contribution is 5.98. The van der Waals surface area contributed by atoms with Crippen molar-refractivity contribution in [2.45, 2.75) is 19.5 Å². The lowest BCUT2D eigenvalue weighted by atomic mass is 10.0. The van der Waals surface area contributed by atoms with Gasteiger partial charge in [0.05, 0.1) is 11.3 Å². The van der Waals surface area contributed by atoms with Crippen LogP contribution in [0.5, 0.6) is 0 Å². The molecule has 2 heterocycles. The Morgan fingerprint density at radius 2 is 1.90 bits per heavy atom. The molecule has 0 radical (unpaired) electrons. The zero-order valence-corrected chi connectivity index (χ0v) is 16.4. The summed E-state index contributed by atoms with van der Waals surface area (Å²) in [4.78, 5) is 16.0. The summed E-state index contributed by atoms with van der Waals surface area (Å²) >= 11 is 0. The summed E-state index contributed by atoms with van der Waals surface area (Å²) in [5.74, 6) is -3.70. The number of fused-ring (bicyclic) bond motifs is 1. The lowest BCUT2D eigenvalue weighted by molar-refractivity contribution is 0.100. The number of nitrogens with two attached hydrogens (primary N) is 1. The second-order valence-corrected chi connectivity index (χ2v) is 7.19. The zero-order chi connectivity index (χ0) is 22.0. The van der Waals surface area contributed by atoms with Gasteiger partial charge in [0.25, 0.3) is 5.91 Å². The van der Waals surface area contributed by atoms with Crippen molar-refractivity contribution in [1.29, 1.82) is 0 Å². The van der Waals surface area contributed by atoms with E-state index in [2.05, 4.69) is 20.9 Å². The van der Waals surface area contributed by atoms with Crippen molar-refractivity contribution in [3.63, 3.8) is 0 Å². The van der Waals surface area contributed by atoms with E-state index in [1.807, 2.05) is 18.2 Å². The minimum atomic E-state index is -1.29. The van der Waals surface area contributed by atoms with Gasteiger partial charge in [0, 0.05) is 36.6 Å². The van der Waals surface area contributed by atoms with Gasteiger partial charge in [-0.2, -0.15) is 0 Å². The second-order valence-electron chi connectivity index (χ2n) is 7.19. The molecule has 3 aromatic rings. The first-order valence-corrected chi connectivity index (χ1v) is 9.68. The van der Waals surface area contributed by atoms with E-state index in [0.717, 1.165) is 31.3 Å². The van der Waals surface area contributed by atoms with Gasteiger partial charge >= 0.3 is 0 Å². The molecule has 31 heavy (non-hydrogen) atoms. The largest absolute Gasteiger partial charge is 0.380 e. The molecule has 4 rings (SSSR count). The third-order valence-corrected chi connectivity index (χ3v) is 5.13. The van der Waals surface area contributed by atoms with Gasteiger partial charge in [-0.3, -0.25) is 4.79 Å². The summed E-state index contributed by atoms with van der Waals surface area (Å²) in [7, 11) is 0. The van der Waals surface area contributed by atoms with E-state index < -0.39 is 28.9 Å². The number of carbonyl (C=O) groups is 1. The van der Waals surface area contributed by atoms with E-state index in [-0.39, 0.29) is 17.8 Å². The molecule has 6 nitrogen and oxygen atoms in total. The number of benzene rings is 2. The summed E-state index contributed by atoms with van der Waals surface area (Å²) in [6, 6.07) is 9.04. The van der Waals surface area contributed by atoms with E-state index in [0.29, 0.717) is 11.9 Å². The SMILES string of the molecule is NC(=O)c1cnc(Nc2ccc3c(c2)CCNC3)cc1NCc1c(F)ccc(F)c1F. The molecule has 1 aliphatic heterocycles. The van der Waals surface area contributed by atoms with Gasteiger partial charge in [-0.05, 0) is 48.4 Å². The Bertz CT molecular complexity index is 1150. The standard InChI is InChI=1S/C22H20F3N5O/c23-17-3-4-18(24)21(25)15(17)10-28-19-8-20(29-11-16(19)22(26)31)30-14-2-1-13-9-27-6-5-12(13)7-14/h1-4,7-8,11,27H,5-6,9-10H2,(H2,26,31)(H2,28,29,30). The number of amides is 1. The predicted molar refractivity (Wildman–Crippen MR) is 112 cm³/mol. The van der Waals surface area contributed by atoms with Crippen LogP contribution in [0, 0.1) is 17.5 Å². The van der Waals surface area contributed by atoms with Crippen LogP contribution in [0.3, 0.4) is 0 Å². The minimum absolute atomic E-state index is 0.0410. The Labute approximate surface area is 176 Å². The zero-order valence-electron chi connectivity index (χ0n) is 16.4. The normalized spacial score (nSPS) is 12.9. The molecule has 1 aliphatic rings. The molecular formula is C22H20F3N5O. The van der Waals surface area contributed by atoms with Crippen LogP contribution >= 0.6 is 0 Å². The lowest BCUT2D eigenvalue weighted by Crippen LogP contribution is -2.23. The van der Waals surface area contributed by atoms with Crippen LogP contribution in [0.25, 0.3) is 0 Å². The molecule has 9 heteroatoms. The number of hydrogen-bond acceptors (Lipinski definition) is 5. The second kappa shape index (κ2) is 8.65. The summed E-state index contributed by atoms with van der Waals surface area (Å²) in [5, 5.41) is 9.23. The Balaban J connectivity index is 1.58. The van der Waals surface area contributed by atoms with E-state index in [1.54, 1.807) is 0 Å². The average Bonchev–Trinajstić information content (AvgIpc) is 2.76. The Hall–Kier alpha value is -3.59. The molecule has 0 spiro atoms. The molecular weight excluding hydrogens is 407 g/mol. The fourth-order valence-electron chi connectivity index (χ4n) is 3.48. The number of primary amides is 1. The number of halogens is 3. The summed E-state index contributed by atoms with van der Waals surface area (Å²) in [6.07, 6.45) is 2.18. The molecule has 2 aromatic carbocycles. The van der Waals surface area contributed by atoms with E-state index in [4.69, 9.17) is 5.73 Å². The van der Waals surface area contributed by atoms with E-state index in [9.17, 15) is 18.0 Å². The van der Waals surface area contributed by atoms with Crippen molar-refractivity contribution in [3.8, 4) is 0 Å². The van der Waals surface area contributed by atoms with Crippen molar-refractivity contribution in [2.75, 3.05) is 17.2 Å². The molecule has 0 fully saturated rings. The Morgan fingerprint density at radius 3 is 2.71 bits per heavy atom. The highest BCUT2D eigenvalue weighted by atomic mass is 19.2. The number of rotatable bonds is 6. The van der Waals surface area contributed by atoms with Gasteiger partial charge < -0.3 is 21.7 Å². The molecule has 160 valence electrons. The smallest absolute Gasteiger partial charge is 0.252 e. The maximum atomic E-state index is 14.0. The Morgan fingerprint density at radius 1 is 1.10 bits per heavy atom. The molecule has 0 aliphatic carbocycles. The topological polar surface area (TPSA) is 92.1 Å². The maximum Gasteiger partial charge on any atom is 0.252 e. The van der Waals surface area contributed by atoms with Crippen molar-refractivity contribution in [2.24, 2.45) is 5.73 Å². The van der Waals surface area contributed by atoms with Crippen LogP contribution in [0.1, 0.15) is 27.0 Å². The quantitative estimate of drug-likeness (QED) is 0.451. The summed E-state index contributed by atoms with van der Waals surface area (Å²) < 4.78 is 41.3. The molecule has 5 N–H and O–H groups in total. The highest BCUT2D eigenvalue weighted by Gasteiger charge is 2.16. The van der Waals surface area contributed by atoms with Crippen molar-refractivity contribution in [1.82, 2.24) is 10.3 Å². The van der Waals surface area contributed by atoms with Gasteiger partial charge in [0.15, 0.2) is 11.6 Å². The van der Waals surface area contributed by atoms with Gasteiger partial charge in [-0.25, -0.2) is 18.2 Å². The average molecular weight is 427 g/mol. The number of nitrogens with one attached hydrogen (secondary N) is 3. The van der Waals surface area contributed by atoms with E-state index in [1.165, 1.54) is 23.4 Å². The minimum Gasteiger partial charge on any atom is -0.380 e. The van der Waals surface area contributed by atoms with Crippen LogP contribution in [-0.2, 0) is 19.5 Å². The number of hydrogen-bond donors (Lipinski definition) is 4. The third-order valence-electron chi connectivity index (χ3n) is 5.13. The summed E-state index contributed by atoms with van der Waals surface area (Å²) in [5.41, 5.74) is 8.44. The lowest BCUT2D eigenvalue weighted by Gasteiger charge is -2.18. The van der Waals surface area contributed by atoms with Gasteiger partial charge in [-0.1, -0.05) is 6.07 Å². The molecule has 0 unspecified atom stereocenters. The van der Waals surface area contributed by atoms with Crippen molar-refractivity contribution < 1.29 is 18.0 Å². The molecule has 0 atom stereocenters. The van der Waals surface area contributed by atoms with Gasteiger partial charge in [0.1, 0.15) is 11.6 Å². The first-order chi connectivity index (χ1) is 14.9. The number of nitrogens with zero attached hydrogens (tertiary/aromatic N) is 1. The maximum absolute atomic E-state index is 14.0. The first-order valence-electron chi connectivity index (χ1n) is 9.68. The van der Waals surface area contributed by atoms with Gasteiger partial charge in [-0.15, -0.1) is 0 Å². The van der Waals surface area contributed by atoms with Crippen LogP contribution in [0.4, 0.5) is 30.4 Å². The van der Waals surface area contributed by atoms with E-state index >= 15 is 0 Å².